The molecule has 2 unspecified atom stereocenters. The first kappa shape index (κ1) is 15.0. The molecule has 5 nitrogen and oxygen atoms in total. The zero-order chi connectivity index (χ0) is 15.5. The smallest absolute Gasteiger partial charge is 0.269 e. The molecule has 118 valence electrons. The van der Waals surface area contributed by atoms with Crippen molar-refractivity contribution in [3.05, 3.63) is 34.7 Å². The van der Waals surface area contributed by atoms with E-state index in [0.29, 0.717) is 24.0 Å². The largest absolute Gasteiger partial charge is 0.508 e. The van der Waals surface area contributed by atoms with Gasteiger partial charge in [-0.3, -0.25) is 4.79 Å². The molecule has 2 aromatic rings. The van der Waals surface area contributed by atoms with Crippen LogP contribution in [0.15, 0.2) is 29.2 Å². The van der Waals surface area contributed by atoms with Crippen LogP contribution in [0.2, 0.25) is 0 Å². The maximum Gasteiger partial charge on any atom is 0.269 e. The van der Waals surface area contributed by atoms with Gasteiger partial charge in [0.25, 0.3) is 5.56 Å². The van der Waals surface area contributed by atoms with Gasteiger partial charge in [0.1, 0.15) is 5.75 Å². The van der Waals surface area contributed by atoms with Crippen molar-refractivity contribution in [1.82, 2.24) is 9.55 Å². The molecule has 3 N–H and O–H groups in total. The average Bonchev–Trinajstić information content (AvgIpc) is 2.71. The number of rotatable bonds is 3. The lowest BCUT2D eigenvalue weighted by Crippen LogP contribution is -2.22. The first-order valence-corrected chi connectivity index (χ1v) is 8.07. The van der Waals surface area contributed by atoms with Crippen LogP contribution in [0.25, 0.3) is 11.0 Å². The van der Waals surface area contributed by atoms with Crippen LogP contribution >= 0.6 is 0 Å². The molecule has 1 aromatic carbocycles. The third-order valence-electron chi connectivity index (χ3n) is 4.72. The van der Waals surface area contributed by atoms with Crippen molar-refractivity contribution in [3.8, 4) is 5.75 Å². The molecule has 0 bridgehead atoms. The zero-order valence-electron chi connectivity index (χ0n) is 12.7. The molecule has 1 aliphatic rings. The molecule has 0 spiro atoms. The van der Waals surface area contributed by atoms with E-state index in [1.807, 2.05) is 0 Å². The number of hydrogen-bond acceptors (Lipinski definition) is 4. The second kappa shape index (κ2) is 6.48. The van der Waals surface area contributed by atoms with Crippen LogP contribution in [-0.4, -0.2) is 20.7 Å². The molecule has 22 heavy (non-hydrogen) atoms. The van der Waals surface area contributed by atoms with Crippen LogP contribution in [0, 0.1) is 5.92 Å². The summed E-state index contributed by atoms with van der Waals surface area (Å²) in [6.45, 7) is 0.668. The van der Waals surface area contributed by atoms with E-state index in [9.17, 15) is 9.90 Å². The highest BCUT2D eigenvalue weighted by Crippen LogP contribution is 2.26. The molecular formula is C17H23N3O2. The standard InChI is InChI=1S/C17H23N3O2/c18-13-3-1-2-12(4-5-13)8-9-20-16-10-14(21)6-7-15(16)19-11-17(20)22/h6-7,10-13,21H,1-5,8-9,18H2. The van der Waals surface area contributed by atoms with Gasteiger partial charge < -0.3 is 15.4 Å². The number of nitrogens with zero attached hydrogens (tertiary/aromatic N) is 2. The maximum atomic E-state index is 12.1. The lowest BCUT2D eigenvalue weighted by atomic mass is 9.96. The maximum absolute atomic E-state index is 12.1. The first-order chi connectivity index (χ1) is 10.6. The normalized spacial score (nSPS) is 22.6. The Labute approximate surface area is 129 Å². The molecule has 0 saturated heterocycles. The summed E-state index contributed by atoms with van der Waals surface area (Å²) in [7, 11) is 0. The fourth-order valence-corrected chi connectivity index (χ4v) is 3.39. The molecule has 1 saturated carbocycles. The van der Waals surface area contributed by atoms with E-state index in [1.165, 1.54) is 19.0 Å². The van der Waals surface area contributed by atoms with Crippen LogP contribution in [0.1, 0.15) is 38.5 Å². The molecule has 1 aliphatic carbocycles. The number of phenolic OH excluding ortho intramolecular Hbond substituents is 1. The molecule has 1 aromatic heterocycles. The highest BCUT2D eigenvalue weighted by Gasteiger charge is 2.17. The van der Waals surface area contributed by atoms with Crippen molar-refractivity contribution < 1.29 is 5.11 Å². The van der Waals surface area contributed by atoms with Gasteiger partial charge in [-0.15, -0.1) is 0 Å². The van der Waals surface area contributed by atoms with Crippen LogP contribution in [0.4, 0.5) is 0 Å². The van der Waals surface area contributed by atoms with Crippen molar-refractivity contribution in [2.45, 2.75) is 51.1 Å². The van der Waals surface area contributed by atoms with E-state index in [4.69, 9.17) is 5.73 Å². The molecule has 1 heterocycles. The Morgan fingerprint density at radius 3 is 3.00 bits per heavy atom. The van der Waals surface area contributed by atoms with Crippen LogP contribution in [0.3, 0.4) is 0 Å². The fraction of sp³-hybridized carbons (Fsp3) is 0.529. The summed E-state index contributed by atoms with van der Waals surface area (Å²) in [5.41, 5.74) is 7.36. The Hall–Kier alpha value is -1.88. The van der Waals surface area contributed by atoms with Gasteiger partial charge in [0.05, 0.1) is 17.2 Å². The topological polar surface area (TPSA) is 81.1 Å². The van der Waals surface area contributed by atoms with E-state index < -0.39 is 0 Å². The quantitative estimate of drug-likeness (QED) is 0.853. The van der Waals surface area contributed by atoms with Crippen molar-refractivity contribution in [2.75, 3.05) is 0 Å². The van der Waals surface area contributed by atoms with E-state index in [-0.39, 0.29) is 11.3 Å². The summed E-state index contributed by atoms with van der Waals surface area (Å²) in [5.74, 6) is 0.787. The Morgan fingerprint density at radius 1 is 1.27 bits per heavy atom. The Morgan fingerprint density at radius 2 is 2.14 bits per heavy atom. The summed E-state index contributed by atoms with van der Waals surface area (Å²) < 4.78 is 1.73. The lowest BCUT2D eigenvalue weighted by molar-refractivity contribution is 0.397. The number of nitrogens with two attached hydrogens (primary N) is 1. The monoisotopic (exact) mass is 301 g/mol. The third kappa shape index (κ3) is 3.30. The second-order valence-corrected chi connectivity index (χ2v) is 6.34. The van der Waals surface area contributed by atoms with Crippen molar-refractivity contribution in [3.63, 3.8) is 0 Å². The number of aromatic nitrogens is 2. The molecule has 0 amide bonds. The van der Waals surface area contributed by atoms with Crippen molar-refractivity contribution >= 4 is 11.0 Å². The van der Waals surface area contributed by atoms with E-state index in [0.717, 1.165) is 31.2 Å². The van der Waals surface area contributed by atoms with E-state index in [2.05, 4.69) is 4.98 Å². The van der Waals surface area contributed by atoms with Gasteiger partial charge in [-0.1, -0.05) is 12.8 Å². The average molecular weight is 301 g/mol. The minimum Gasteiger partial charge on any atom is -0.508 e. The summed E-state index contributed by atoms with van der Waals surface area (Å²) in [6, 6.07) is 5.29. The number of hydrogen-bond donors (Lipinski definition) is 2. The van der Waals surface area contributed by atoms with Crippen molar-refractivity contribution in [1.29, 1.82) is 0 Å². The third-order valence-corrected chi connectivity index (χ3v) is 4.72. The highest BCUT2D eigenvalue weighted by atomic mass is 16.3. The van der Waals surface area contributed by atoms with Crippen molar-refractivity contribution in [2.24, 2.45) is 11.7 Å². The second-order valence-electron chi connectivity index (χ2n) is 6.34. The highest BCUT2D eigenvalue weighted by molar-refractivity contribution is 5.76. The van der Waals surface area contributed by atoms with Crippen LogP contribution in [0.5, 0.6) is 5.75 Å². The lowest BCUT2D eigenvalue weighted by Gasteiger charge is -2.16. The Kier molecular flexibility index (Phi) is 4.43. The molecular weight excluding hydrogens is 278 g/mol. The van der Waals surface area contributed by atoms with E-state index >= 15 is 0 Å². The van der Waals surface area contributed by atoms with Gasteiger partial charge in [-0.25, -0.2) is 4.98 Å². The Bertz CT molecular complexity index is 711. The van der Waals surface area contributed by atoms with Crippen LogP contribution in [-0.2, 0) is 6.54 Å². The molecule has 2 atom stereocenters. The predicted octanol–water partition coefficient (Wildman–Crippen LogP) is 2.40. The van der Waals surface area contributed by atoms with Gasteiger partial charge in [0, 0.05) is 18.7 Å². The molecule has 1 fully saturated rings. The number of fused-ring (bicyclic) bond motifs is 1. The summed E-state index contributed by atoms with van der Waals surface area (Å²) in [5, 5.41) is 9.67. The first-order valence-electron chi connectivity index (χ1n) is 8.07. The predicted molar refractivity (Wildman–Crippen MR) is 86.8 cm³/mol. The molecule has 3 rings (SSSR count). The fourth-order valence-electron chi connectivity index (χ4n) is 3.39. The van der Waals surface area contributed by atoms with Gasteiger partial charge in [-0.2, -0.15) is 0 Å². The van der Waals surface area contributed by atoms with Gasteiger partial charge in [-0.05, 0) is 43.7 Å². The van der Waals surface area contributed by atoms with Crippen LogP contribution < -0.4 is 11.3 Å². The summed E-state index contributed by atoms with van der Waals surface area (Å²) in [6.07, 6.45) is 8.04. The van der Waals surface area contributed by atoms with Gasteiger partial charge in [0.2, 0.25) is 0 Å². The number of aromatic hydroxyl groups is 1. The number of aryl methyl sites for hydroxylation is 1. The minimum atomic E-state index is -0.108. The zero-order valence-corrected chi connectivity index (χ0v) is 12.7. The van der Waals surface area contributed by atoms with Gasteiger partial charge in [0.15, 0.2) is 0 Å². The molecule has 0 radical (unpaired) electrons. The summed E-state index contributed by atoms with van der Waals surface area (Å²) >= 11 is 0. The molecule has 0 aliphatic heterocycles. The SMILES string of the molecule is NC1CCCC(CCn2c(=O)cnc3ccc(O)cc32)CC1. The summed E-state index contributed by atoms with van der Waals surface area (Å²) in [4.78, 5) is 16.3. The Balaban J connectivity index is 1.80. The minimum absolute atomic E-state index is 0.108. The van der Waals surface area contributed by atoms with E-state index in [1.54, 1.807) is 22.8 Å². The van der Waals surface area contributed by atoms with Gasteiger partial charge >= 0.3 is 0 Å². The number of phenols is 1. The molecule has 5 heteroatoms. The number of benzene rings is 1.